The van der Waals surface area contributed by atoms with Gasteiger partial charge in [-0.15, -0.1) is 12.4 Å². The number of esters is 1. The van der Waals surface area contributed by atoms with Crippen molar-refractivity contribution in [3.8, 4) is 11.5 Å². The van der Waals surface area contributed by atoms with Gasteiger partial charge in [-0.05, 0) is 77.4 Å². The Hall–Kier alpha value is -9.15. The number of hydrogen-bond acceptors (Lipinski definition) is 14. The smallest absolute Gasteiger partial charge is 0.359 e. The molecule has 2 aliphatic rings. The van der Waals surface area contributed by atoms with E-state index in [9.17, 15) is 50.3 Å². The highest BCUT2D eigenvalue weighted by atomic mass is 79.9. The number of hydrogen-bond donors (Lipinski definition) is 4. The summed E-state index contributed by atoms with van der Waals surface area (Å²) in [6.07, 6.45) is 6.10. The average molecular weight is 1210 g/mol. The molecule has 2 aliphatic heterocycles. The molecule has 3 amide bonds. The van der Waals surface area contributed by atoms with Gasteiger partial charge in [0.15, 0.2) is 52.0 Å². The molecule has 0 unspecified atom stereocenters. The third-order valence-electron chi connectivity index (χ3n) is 11.0. The molecule has 7 heterocycles. The molecule has 21 nitrogen and oxygen atoms in total. The number of alkyl halides is 1. The summed E-state index contributed by atoms with van der Waals surface area (Å²) in [5.41, 5.74) is 6.77. The van der Waals surface area contributed by atoms with Crippen LogP contribution in [0.1, 0.15) is 48.2 Å². The minimum absolute atomic E-state index is 0. The van der Waals surface area contributed by atoms with Gasteiger partial charge in [0.2, 0.25) is 11.6 Å². The Kier molecular flexibility index (Phi) is 23.0. The van der Waals surface area contributed by atoms with Crippen molar-refractivity contribution in [1.29, 1.82) is 0 Å². The number of nitrogens with zero attached hydrogens (tertiary/aromatic N) is 9. The van der Waals surface area contributed by atoms with E-state index in [2.05, 4.69) is 56.3 Å². The number of aromatic carboxylic acids is 1. The number of H-pyrrole nitrogens is 1. The number of carbonyl (C=O) groups excluding carboxylic acids is 4. The minimum atomic E-state index is -1.42. The molecule has 81 heavy (non-hydrogen) atoms. The lowest BCUT2D eigenvalue weighted by molar-refractivity contribution is -0.121. The maximum Gasteiger partial charge on any atom is 0.359 e. The Morgan fingerprint density at radius 2 is 1.16 bits per heavy atom. The lowest BCUT2D eigenvalue weighted by Gasteiger charge is -2.19. The molecule has 5 aromatic heterocycles. The third-order valence-corrected chi connectivity index (χ3v) is 11.6. The van der Waals surface area contributed by atoms with Crippen LogP contribution in [0.25, 0.3) is 0 Å². The van der Waals surface area contributed by atoms with Gasteiger partial charge in [0.1, 0.15) is 42.7 Å². The zero-order chi connectivity index (χ0) is 58.0. The van der Waals surface area contributed by atoms with Gasteiger partial charge in [-0.3, -0.25) is 38.6 Å². The summed E-state index contributed by atoms with van der Waals surface area (Å²) in [4.78, 5) is 68.8. The Labute approximate surface area is 471 Å². The van der Waals surface area contributed by atoms with Crippen LogP contribution >= 0.6 is 28.3 Å². The van der Waals surface area contributed by atoms with Crippen molar-refractivity contribution in [3.63, 3.8) is 0 Å². The molecule has 0 spiro atoms. The lowest BCUT2D eigenvalue weighted by Crippen LogP contribution is -2.49. The molecule has 3 aromatic carbocycles. The molecule has 0 fully saturated rings. The molecule has 0 bridgehead atoms. The van der Waals surface area contributed by atoms with E-state index in [1.165, 1.54) is 95.5 Å². The predicted octanol–water partition coefficient (Wildman–Crippen LogP) is 6.91. The molecule has 0 saturated heterocycles. The van der Waals surface area contributed by atoms with Crippen molar-refractivity contribution in [2.75, 3.05) is 44.2 Å². The SMILES string of the molecule is CN1C(=O)[C@@H](N)COc2cccnc21.CN1C(=O)[C@@H](NC(=O)c2nn(Cc3ccc(F)cc3)cc2F)COc2cccnc21.COC(=O)c1[nH]ncc1F.Cl.Fc1ccc(CBr)cc1.O=C(O)c1nn(Cc2ccc(F)cc2)cc1F. The summed E-state index contributed by atoms with van der Waals surface area (Å²) in [7, 11) is 4.32. The fraction of sp³-hybridized carbons (Fsp3) is 0.192. The van der Waals surface area contributed by atoms with Crippen LogP contribution in [0.15, 0.2) is 128 Å². The first kappa shape index (κ1) is 62.7. The van der Waals surface area contributed by atoms with Crippen LogP contribution in [-0.2, 0) is 32.7 Å². The number of rotatable bonds is 9. The van der Waals surface area contributed by atoms with Crippen LogP contribution in [0.4, 0.5) is 38.0 Å². The Bertz CT molecular complexity index is 3410. The Balaban J connectivity index is 0.000000201. The number of nitrogens with two attached hydrogens (primary N) is 1. The molecule has 0 saturated carbocycles. The number of likely N-dealkylation sites (N-methyl/N-ethyl adjacent to an activating group) is 2. The summed E-state index contributed by atoms with van der Waals surface area (Å²) < 4.78 is 95.2. The average Bonchev–Trinajstić information content (AvgIpc) is 4.21. The fourth-order valence-corrected chi connectivity index (χ4v) is 7.28. The van der Waals surface area contributed by atoms with Gasteiger partial charge < -0.3 is 30.4 Å². The maximum absolute atomic E-state index is 14.3. The van der Waals surface area contributed by atoms with Crippen molar-refractivity contribution in [2.45, 2.75) is 30.5 Å². The van der Waals surface area contributed by atoms with E-state index in [1.54, 1.807) is 49.6 Å². The zero-order valence-corrected chi connectivity index (χ0v) is 45.1. The molecule has 10 rings (SSSR count). The molecule has 5 N–H and O–H groups in total. The standard InChI is InChI=1S/C20H17F2N5O3.C11H8F2N2O2.C9H11N3O2.C7H6BrF.C5H5FN2O2.ClH/c1-26-18-16(3-2-8-23-18)30-11-15(20(26)29)24-19(28)17-14(22)10-27(25-17)9-12-4-6-13(21)7-5-12;12-8-3-1-7(2-4-8)5-15-6-9(13)10(14-15)11(16)17;1-12-8-7(3-2-4-11-8)14-5-6(10)9(12)13;8-5-6-1-3-7(9)4-2-6;1-10-5(9)4-3(6)2-7-8-4;/h2-8,10,15H,9,11H2,1H3,(H,24,28);1-4,6H,5H2,(H,16,17);2-4,6H,5,10H2,1H3;1-4H,5H2;2H,1H3,(H,7,8);1H/t15-;;6-;;;/m0.0.../s1. The van der Waals surface area contributed by atoms with Gasteiger partial charge in [-0.25, -0.2) is 45.9 Å². The van der Waals surface area contributed by atoms with E-state index in [4.69, 9.17) is 20.3 Å². The summed E-state index contributed by atoms with van der Waals surface area (Å²) in [5.74, 6) is -5.17. The highest BCUT2D eigenvalue weighted by Crippen LogP contribution is 2.28. The number of ether oxygens (including phenoxy) is 3. The molecule has 0 aliphatic carbocycles. The number of anilines is 2. The number of carboxylic acids is 1. The first-order chi connectivity index (χ1) is 38.3. The van der Waals surface area contributed by atoms with Crippen molar-refractivity contribution < 1.29 is 69.6 Å². The van der Waals surface area contributed by atoms with Crippen LogP contribution in [0.5, 0.6) is 11.5 Å². The van der Waals surface area contributed by atoms with E-state index in [1.807, 2.05) is 0 Å². The van der Waals surface area contributed by atoms with Crippen LogP contribution in [0.2, 0.25) is 0 Å². The largest absolute Gasteiger partial charge is 0.488 e. The first-order valence-corrected chi connectivity index (χ1v) is 24.4. The van der Waals surface area contributed by atoms with Crippen molar-refractivity contribution in [1.82, 2.24) is 45.0 Å². The summed E-state index contributed by atoms with van der Waals surface area (Å²) in [5, 5.41) is 24.8. The first-order valence-electron chi connectivity index (χ1n) is 23.3. The Morgan fingerprint density at radius 3 is 1.60 bits per heavy atom. The van der Waals surface area contributed by atoms with E-state index < -0.39 is 64.7 Å². The number of aromatic nitrogens is 8. The van der Waals surface area contributed by atoms with Gasteiger partial charge in [-0.2, -0.15) is 15.3 Å². The highest BCUT2D eigenvalue weighted by Gasteiger charge is 2.33. The quantitative estimate of drug-likeness (QED) is 0.0650. The van der Waals surface area contributed by atoms with Gasteiger partial charge in [0.05, 0.1) is 38.8 Å². The zero-order valence-electron chi connectivity index (χ0n) is 42.7. The molecule has 2 atom stereocenters. The van der Waals surface area contributed by atoms with Gasteiger partial charge in [0.25, 0.3) is 11.8 Å². The van der Waals surface area contributed by atoms with Gasteiger partial charge in [0, 0.05) is 31.8 Å². The number of carboxylic acid groups (broad SMARTS) is 1. The predicted molar refractivity (Wildman–Crippen MR) is 284 cm³/mol. The van der Waals surface area contributed by atoms with Gasteiger partial charge in [-0.1, -0.05) is 52.3 Å². The highest BCUT2D eigenvalue weighted by molar-refractivity contribution is 9.08. The van der Waals surface area contributed by atoms with Crippen LogP contribution < -0.4 is 30.3 Å². The lowest BCUT2D eigenvalue weighted by atomic mass is 10.2. The number of amides is 3. The molecular weight excluding hydrogens is 1170 g/mol. The van der Waals surface area contributed by atoms with Gasteiger partial charge >= 0.3 is 11.9 Å². The molecule has 8 aromatic rings. The minimum Gasteiger partial charge on any atom is -0.488 e. The number of methoxy groups -OCH3 is 1. The number of aromatic amines is 1. The van der Waals surface area contributed by atoms with E-state index in [0.29, 0.717) is 34.3 Å². The number of fused-ring (bicyclic) bond motifs is 2. The van der Waals surface area contributed by atoms with Crippen LogP contribution in [-0.4, -0.2) is 121 Å². The number of carbonyl (C=O) groups is 5. The topological polar surface area (TPSA) is 268 Å². The number of pyridine rings is 2. The second-order valence-corrected chi connectivity index (χ2v) is 17.2. The summed E-state index contributed by atoms with van der Waals surface area (Å²) in [6.45, 7) is 0.400. The molecule has 29 heteroatoms. The monoisotopic (exact) mass is 1210 g/mol. The maximum atomic E-state index is 14.3. The normalized spacial score (nSPS) is 14.0. The number of benzene rings is 3. The molecular formula is C52H48BrClF6N12O9. The van der Waals surface area contributed by atoms with Crippen LogP contribution in [0, 0.1) is 34.9 Å². The van der Waals surface area contributed by atoms with E-state index >= 15 is 0 Å². The summed E-state index contributed by atoms with van der Waals surface area (Å²) in [6, 6.07) is 22.8. The molecule has 426 valence electrons. The number of nitrogens with one attached hydrogen (secondary N) is 2. The van der Waals surface area contributed by atoms with Crippen LogP contribution in [0.3, 0.4) is 0 Å². The number of halogens is 8. The fourth-order valence-electron chi connectivity index (χ4n) is 6.91. The second-order valence-electron chi connectivity index (χ2n) is 16.6. The van der Waals surface area contributed by atoms with Crippen molar-refractivity contribution in [2.24, 2.45) is 5.73 Å². The van der Waals surface area contributed by atoms with E-state index in [-0.39, 0.29) is 67.8 Å². The van der Waals surface area contributed by atoms with E-state index in [0.717, 1.165) is 34.2 Å². The Morgan fingerprint density at radius 1 is 0.704 bits per heavy atom. The third kappa shape index (κ3) is 17.4. The molecule has 0 radical (unpaired) electrons. The van der Waals surface area contributed by atoms with Crippen molar-refractivity contribution in [3.05, 3.63) is 197 Å². The summed E-state index contributed by atoms with van der Waals surface area (Å²) >= 11 is 3.26. The second kappa shape index (κ2) is 29.7. The van der Waals surface area contributed by atoms with Crippen molar-refractivity contribution >= 4 is 69.6 Å².